The van der Waals surface area contributed by atoms with Gasteiger partial charge in [0.15, 0.2) is 5.03 Å². The molecule has 3 aromatic rings. The topological polar surface area (TPSA) is 90.3 Å². The molecule has 154 valence electrons. The number of hydrogen-bond donors (Lipinski definition) is 1. The Morgan fingerprint density at radius 2 is 1.86 bits per heavy atom. The Labute approximate surface area is 174 Å². The van der Waals surface area contributed by atoms with Crippen molar-refractivity contribution in [3.63, 3.8) is 0 Å². The summed E-state index contributed by atoms with van der Waals surface area (Å²) >= 11 is 1.17. The minimum absolute atomic E-state index is 0.0225. The molecule has 2 aromatic heterocycles. The third kappa shape index (κ3) is 4.51. The van der Waals surface area contributed by atoms with Gasteiger partial charge in [0.05, 0.1) is 19.1 Å². The Bertz CT molecular complexity index is 1140. The van der Waals surface area contributed by atoms with Crippen LogP contribution in [0.15, 0.2) is 47.9 Å². The van der Waals surface area contributed by atoms with Gasteiger partial charge in [-0.05, 0) is 22.6 Å². The van der Waals surface area contributed by atoms with Crippen molar-refractivity contribution in [3.05, 3.63) is 53.3 Å². The number of sulfonamides is 1. The van der Waals surface area contributed by atoms with Crippen molar-refractivity contribution in [2.24, 2.45) is 7.05 Å². The Hall–Kier alpha value is -2.65. The van der Waals surface area contributed by atoms with E-state index in [-0.39, 0.29) is 21.0 Å². The highest BCUT2D eigenvalue weighted by Gasteiger charge is 2.24. The maximum absolute atomic E-state index is 12.6. The van der Waals surface area contributed by atoms with E-state index in [4.69, 9.17) is 4.74 Å². The number of nitrogens with one attached hydrogen (secondary N) is 1. The van der Waals surface area contributed by atoms with Crippen molar-refractivity contribution in [2.45, 2.75) is 31.2 Å². The van der Waals surface area contributed by atoms with Crippen molar-refractivity contribution in [1.29, 1.82) is 0 Å². The molecule has 0 unspecified atom stereocenters. The molecule has 0 radical (unpaired) electrons. The second kappa shape index (κ2) is 7.64. The van der Waals surface area contributed by atoms with Gasteiger partial charge in [-0.3, -0.25) is 4.72 Å². The van der Waals surface area contributed by atoms with Crippen LogP contribution in [-0.4, -0.2) is 31.0 Å². The van der Waals surface area contributed by atoms with Gasteiger partial charge in [-0.25, -0.2) is 9.78 Å². The van der Waals surface area contributed by atoms with Crippen LogP contribution < -0.4 is 4.72 Å². The van der Waals surface area contributed by atoms with Gasteiger partial charge in [0, 0.05) is 18.1 Å². The molecule has 1 aromatic carbocycles. The Morgan fingerprint density at radius 3 is 2.38 bits per heavy atom. The second-order valence-electron chi connectivity index (χ2n) is 7.66. The van der Waals surface area contributed by atoms with Crippen LogP contribution >= 0.6 is 11.3 Å². The molecular weight excluding hydrogens is 410 g/mol. The third-order valence-electron chi connectivity index (χ3n) is 4.34. The lowest BCUT2D eigenvalue weighted by Crippen LogP contribution is -2.15. The van der Waals surface area contributed by atoms with E-state index >= 15 is 0 Å². The molecular formula is C20H23N3O4S2. The molecule has 0 aliphatic carbocycles. The Balaban J connectivity index is 2.00. The van der Waals surface area contributed by atoms with E-state index in [0.29, 0.717) is 0 Å². The van der Waals surface area contributed by atoms with Crippen LogP contribution in [0.5, 0.6) is 0 Å². The number of aryl methyl sites for hydroxylation is 1. The second-order valence-corrected chi connectivity index (χ2v) is 10.3. The van der Waals surface area contributed by atoms with E-state index in [0.717, 1.165) is 10.4 Å². The summed E-state index contributed by atoms with van der Waals surface area (Å²) < 4.78 is 34.1. The quantitative estimate of drug-likeness (QED) is 0.614. The fourth-order valence-corrected chi connectivity index (χ4v) is 4.86. The standard InChI is InChI=1S/C20H23N3O4S2/c1-20(2,3)14-8-6-13(7-9-14)16-10-15(18(28-16)19(24)27-5)22-29(25,26)17-11-23(4)12-21-17/h6-12,22H,1-5H3. The van der Waals surface area contributed by atoms with Crippen LogP contribution in [0.4, 0.5) is 5.69 Å². The summed E-state index contributed by atoms with van der Waals surface area (Å²) in [5.74, 6) is -0.605. The van der Waals surface area contributed by atoms with Crippen molar-refractivity contribution in [1.82, 2.24) is 9.55 Å². The number of methoxy groups -OCH3 is 1. The first-order valence-electron chi connectivity index (χ1n) is 8.85. The van der Waals surface area contributed by atoms with E-state index < -0.39 is 16.0 Å². The zero-order valence-corrected chi connectivity index (χ0v) is 18.5. The number of ether oxygens (including phenoxy) is 1. The highest BCUT2D eigenvalue weighted by atomic mass is 32.2. The summed E-state index contributed by atoms with van der Waals surface area (Å²) in [6.45, 7) is 6.40. The van der Waals surface area contributed by atoms with Crippen molar-refractivity contribution >= 4 is 33.0 Å². The minimum atomic E-state index is -3.93. The molecule has 1 N–H and O–H groups in total. The maximum atomic E-state index is 12.6. The molecule has 2 heterocycles. The van der Waals surface area contributed by atoms with Crippen LogP contribution in [0, 0.1) is 0 Å². The molecule has 0 saturated carbocycles. The molecule has 0 atom stereocenters. The number of thiophene rings is 1. The van der Waals surface area contributed by atoms with Gasteiger partial charge in [0.2, 0.25) is 0 Å². The molecule has 3 rings (SSSR count). The monoisotopic (exact) mass is 433 g/mol. The molecule has 0 aliphatic rings. The predicted molar refractivity (Wildman–Crippen MR) is 114 cm³/mol. The zero-order chi connectivity index (χ0) is 21.4. The highest BCUT2D eigenvalue weighted by molar-refractivity contribution is 7.92. The first-order valence-corrected chi connectivity index (χ1v) is 11.1. The van der Waals surface area contributed by atoms with Gasteiger partial charge in [-0.1, -0.05) is 45.0 Å². The van der Waals surface area contributed by atoms with E-state index in [1.165, 1.54) is 41.1 Å². The normalized spacial score (nSPS) is 12.0. The fourth-order valence-electron chi connectivity index (χ4n) is 2.71. The average Bonchev–Trinajstić information content (AvgIpc) is 3.27. The lowest BCUT2D eigenvalue weighted by atomic mass is 9.86. The van der Waals surface area contributed by atoms with E-state index in [2.05, 4.69) is 30.5 Å². The number of rotatable bonds is 5. The van der Waals surface area contributed by atoms with Gasteiger partial charge in [-0.2, -0.15) is 8.42 Å². The summed E-state index contributed by atoms with van der Waals surface area (Å²) in [5, 5.41) is -0.127. The van der Waals surface area contributed by atoms with Crippen molar-refractivity contribution in [2.75, 3.05) is 11.8 Å². The molecule has 0 fully saturated rings. The summed E-state index contributed by atoms with van der Waals surface area (Å²) in [6, 6.07) is 9.63. The molecule has 0 spiro atoms. The first-order chi connectivity index (χ1) is 13.5. The van der Waals surface area contributed by atoms with Crippen molar-refractivity contribution in [3.8, 4) is 10.4 Å². The summed E-state index contributed by atoms with van der Waals surface area (Å²) in [7, 11) is -0.997. The summed E-state index contributed by atoms with van der Waals surface area (Å²) in [5.41, 5.74) is 2.26. The van der Waals surface area contributed by atoms with Gasteiger partial charge < -0.3 is 9.30 Å². The van der Waals surface area contributed by atoms with Gasteiger partial charge in [0.25, 0.3) is 10.0 Å². The molecule has 0 amide bonds. The SMILES string of the molecule is COC(=O)c1sc(-c2ccc(C(C)(C)C)cc2)cc1NS(=O)(=O)c1cn(C)cn1. The number of carbonyl (C=O) groups is 1. The zero-order valence-electron chi connectivity index (χ0n) is 16.9. The molecule has 29 heavy (non-hydrogen) atoms. The van der Waals surface area contributed by atoms with Gasteiger partial charge in [-0.15, -0.1) is 11.3 Å². The number of esters is 1. The van der Waals surface area contributed by atoms with Crippen LogP contribution in [-0.2, 0) is 27.2 Å². The predicted octanol–water partition coefficient (Wildman–Crippen LogP) is 4.03. The smallest absolute Gasteiger partial charge is 0.350 e. The highest BCUT2D eigenvalue weighted by Crippen LogP contribution is 2.37. The largest absolute Gasteiger partial charge is 0.465 e. The van der Waals surface area contributed by atoms with Gasteiger partial charge >= 0.3 is 5.97 Å². The fraction of sp³-hybridized carbons (Fsp3) is 0.300. The molecule has 0 saturated heterocycles. The van der Waals surface area contributed by atoms with E-state index in [1.54, 1.807) is 13.1 Å². The maximum Gasteiger partial charge on any atom is 0.350 e. The first kappa shape index (κ1) is 21.1. The van der Waals surface area contributed by atoms with Crippen LogP contribution in [0.2, 0.25) is 0 Å². The summed E-state index contributed by atoms with van der Waals surface area (Å²) in [4.78, 5) is 17.0. The molecule has 9 heteroatoms. The third-order valence-corrected chi connectivity index (χ3v) is 6.75. The van der Waals surface area contributed by atoms with E-state index in [9.17, 15) is 13.2 Å². The molecule has 0 aliphatic heterocycles. The number of benzene rings is 1. The van der Waals surface area contributed by atoms with Crippen LogP contribution in [0.1, 0.15) is 36.0 Å². The average molecular weight is 434 g/mol. The summed E-state index contributed by atoms with van der Waals surface area (Å²) in [6.07, 6.45) is 2.78. The van der Waals surface area contributed by atoms with Crippen LogP contribution in [0.3, 0.4) is 0 Å². The number of aromatic nitrogens is 2. The minimum Gasteiger partial charge on any atom is -0.465 e. The molecule has 0 bridgehead atoms. The number of carbonyl (C=O) groups excluding carboxylic acids is 1. The van der Waals surface area contributed by atoms with Gasteiger partial charge in [0.1, 0.15) is 4.88 Å². The Kier molecular flexibility index (Phi) is 5.55. The number of nitrogens with zero attached hydrogens (tertiary/aromatic N) is 2. The number of imidazole rings is 1. The van der Waals surface area contributed by atoms with Crippen molar-refractivity contribution < 1.29 is 17.9 Å². The Morgan fingerprint density at radius 1 is 1.21 bits per heavy atom. The lowest BCUT2D eigenvalue weighted by molar-refractivity contribution is 0.0607. The van der Waals surface area contributed by atoms with E-state index in [1.807, 2.05) is 24.3 Å². The number of anilines is 1. The van der Waals surface area contributed by atoms with Crippen LogP contribution in [0.25, 0.3) is 10.4 Å². The number of hydrogen-bond acceptors (Lipinski definition) is 6. The lowest BCUT2D eigenvalue weighted by Gasteiger charge is -2.18. The molecule has 7 nitrogen and oxygen atoms in total.